The maximum atomic E-state index is 12.9. The number of amides is 1. The summed E-state index contributed by atoms with van der Waals surface area (Å²) in [5.74, 6) is 0.250. The van der Waals surface area contributed by atoms with Crippen molar-refractivity contribution < 1.29 is 13.9 Å². The normalized spacial score (nSPS) is 10.2. The van der Waals surface area contributed by atoms with Crippen LogP contribution in [0, 0.1) is 5.82 Å². The molecule has 0 spiro atoms. The van der Waals surface area contributed by atoms with Crippen LogP contribution in [-0.4, -0.2) is 23.0 Å². The number of benzene rings is 2. The molecule has 1 aromatic heterocycles. The van der Waals surface area contributed by atoms with Gasteiger partial charge in [-0.05, 0) is 36.4 Å². The quantitative estimate of drug-likeness (QED) is 0.743. The summed E-state index contributed by atoms with van der Waals surface area (Å²) in [5, 5.41) is 5.74. The van der Waals surface area contributed by atoms with E-state index in [1.807, 2.05) is 6.07 Å². The van der Waals surface area contributed by atoms with Gasteiger partial charge in [-0.25, -0.2) is 14.4 Å². The number of anilines is 3. The van der Waals surface area contributed by atoms with Gasteiger partial charge in [0.25, 0.3) is 5.91 Å². The Morgan fingerprint density at radius 2 is 1.84 bits per heavy atom. The Labute approximate surface area is 143 Å². The van der Waals surface area contributed by atoms with E-state index in [0.717, 1.165) is 0 Å². The molecular weight excluding hydrogens is 323 g/mol. The van der Waals surface area contributed by atoms with E-state index >= 15 is 0 Å². The molecule has 1 heterocycles. The van der Waals surface area contributed by atoms with Crippen molar-refractivity contribution in [3.63, 3.8) is 0 Å². The van der Waals surface area contributed by atoms with Crippen LogP contribution in [0.2, 0.25) is 0 Å². The summed E-state index contributed by atoms with van der Waals surface area (Å²) >= 11 is 0. The zero-order chi connectivity index (χ0) is 17.6. The second-order valence-corrected chi connectivity index (χ2v) is 5.07. The van der Waals surface area contributed by atoms with Crippen molar-refractivity contribution in [1.29, 1.82) is 0 Å². The number of halogens is 1. The van der Waals surface area contributed by atoms with Crippen molar-refractivity contribution in [3.8, 4) is 5.75 Å². The fourth-order valence-corrected chi connectivity index (χ4v) is 2.17. The molecule has 2 N–H and O–H groups in total. The first-order chi connectivity index (χ1) is 12.2. The third-order valence-electron chi connectivity index (χ3n) is 3.37. The zero-order valence-electron chi connectivity index (χ0n) is 13.4. The number of carbonyl (C=O) groups excluding carboxylic acids is 1. The zero-order valence-corrected chi connectivity index (χ0v) is 13.4. The summed E-state index contributed by atoms with van der Waals surface area (Å²) in [4.78, 5) is 20.4. The van der Waals surface area contributed by atoms with Gasteiger partial charge in [0.05, 0.1) is 12.8 Å². The molecule has 0 unspecified atom stereocenters. The van der Waals surface area contributed by atoms with Crippen LogP contribution in [0.4, 0.5) is 21.6 Å². The summed E-state index contributed by atoms with van der Waals surface area (Å²) in [6, 6.07) is 14.4. The molecule has 0 radical (unpaired) electrons. The molecule has 0 saturated heterocycles. The van der Waals surface area contributed by atoms with E-state index in [-0.39, 0.29) is 11.5 Å². The van der Waals surface area contributed by atoms with Crippen molar-refractivity contribution in [1.82, 2.24) is 9.97 Å². The summed E-state index contributed by atoms with van der Waals surface area (Å²) < 4.78 is 18.2. The number of hydrogen-bond acceptors (Lipinski definition) is 5. The highest BCUT2D eigenvalue weighted by molar-refractivity contribution is 6.04. The Bertz CT molecular complexity index is 884. The lowest BCUT2D eigenvalue weighted by Gasteiger charge is -2.10. The Balaban J connectivity index is 1.76. The second-order valence-electron chi connectivity index (χ2n) is 5.07. The maximum Gasteiger partial charge on any atom is 0.274 e. The van der Waals surface area contributed by atoms with Gasteiger partial charge in [-0.1, -0.05) is 12.1 Å². The van der Waals surface area contributed by atoms with Crippen molar-refractivity contribution in [2.24, 2.45) is 0 Å². The molecular formula is C18H15FN4O2. The first-order valence-corrected chi connectivity index (χ1v) is 7.45. The fourth-order valence-electron chi connectivity index (χ4n) is 2.17. The lowest BCUT2D eigenvalue weighted by Crippen LogP contribution is -2.15. The first kappa shape index (κ1) is 16.4. The molecule has 0 bridgehead atoms. The van der Waals surface area contributed by atoms with Gasteiger partial charge >= 0.3 is 0 Å². The molecule has 3 rings (SSSR count). The Morgan fingerprint density at radius 3 is 2.60 bits per heavy atom. The van der Waals surface area contributed by atoms with Crippen molar-refractivity contribution in [2.45, 2.75) is 0 Å². The van der Waals surface area contributed by atoms with Gasteiger partial charge in [-0.15, -0.1) is 0 Å². The van der Waals surface area contributed by atoms with Crippen LogP contribution in [0.1, 0.15) is 10.5 Å². The molecule has 25 heavy (non-hydrogen) atoms. The predicted octanol–water partition coefficient (Wildman–Crippen LogP) is 3.62. The topological polar surface area (TPSA) is 76.1 Å². The van der Waals surface area contributed by atoms with E-state index in [4.69, 9.17) is 4.74 Å². The molecule has 1 amide bonds. The number of hydrogen-bond donors (Lipinski definition) is 2. The van der Waals surface area contributed by atoms with Gasteiger partial charge < -0.3 is 15.4 Å². The minimum Gasteiger partial charge on any atom is -0.495 e. The van der Waals surface area contributed by atoms with Crippen molar-refractivity contribution in [3.05, 3.63) is 72.4 Å². The molecule has 7 heteroatoms. The van der Waals surface area contributed by atoms with E-state index in [2.05, 4.69) is 20.6 Å². The van der Waals surface area contributed by atoms with E-state index in [0.29, 0.717) is 22.9 Å². The van der Waals surface area contributed by atoms with Gasteiger partial charge in [0.15, 0.2) is 0 Å². The molecule has 6 nitrogen and oxygen atoms in total. The predicted molar refractivity (Wildman–Crippen MR) is 92.7 cm³/mol. The smallest absolute Gasteiger partial charge is 0.274 e. The average molecular weight is 338 g/mol. The maximum absolute atomic E-state index is 12.9. The van der Waals surface area contributed by atoms with Crippen LogP contribution >= 0.6 is 0 Å². The lowest BCUT2D eigenvalue weighted by atomic mass is 10.2. The van der Waals surface area contributed by atoms with Gasteiger partial charge in [0, 0.05) is 11.8 Å². The van der Waals surface area contributed by atoms with E-state index in [9.17, 15) is 9.18 Å². The number of aromatic nitrogens is 2. The van der Waals surface area contributed by atoms with Crippen LogP contribution in [0.25, 0.3) is 0 Å². The van der Waals surface area contributed by atoms with Gasteiger partial charge in [0.1, 0.15) is 29.4 Å². The van der Waals surface area contributed by atoms with Gasteiger partial charge in [0.2, 0.25) is 0 Å². The van der Waals surface area contributed by atoms with Crippen molar-refractivity contribution in [2.75, 3.05) is 17.7 Å². The van der Waals surface area contributed by atoms with Crippen LogP contribution in [0.5, 0.6) is 5.75 Å². The molecule has 0 aliphatic carbocycles. The number of carbonyl (C=O) groups is 1. The highest BCUT2D eigenvalue weighted by Gasteiger charge is 2.12. The average Bonchev–Trinajstić information content (AvgIpc) is 2.64. The van der Waals surface area contributed by atoms with Gasteiger partial charge in [-0.3, -0.25) is 4.79 Å². The van der Waals surface area contributed by atoms with Crippen molar-refractivity contribution >= 4 is 23.1 Å². The van der Waals surface area contributed by atoms with E-state index in [1.165, 1.54) is 31.6 Å². The molecule has 0 aliphatic heterocycles. The largest absolute Gasteiger partial charge is 0.495 e. The minimum atomic E-state index is -0.394. The summed E-state index contributed by atoms with van der Waals surface area (Å²) in [6.45, 7) is 0. The highest BCUT2D eigenvalue weighted by atomic mass is 19.1. The molecule has 0 saturated carbocycles. The number of nitrogens with zero attached hydrogens (tertiary/aromatic N) is 2. The lowest BCUT2D eigenvalue weighted by molar-refractivity contribution is 0.102. The van der Waals surface area contributed by atoms with Gasteiger partial charge in [-0.2, -0.15) is 0 Å². The number of methoxy groups -OCH3 is 1. The fraction of sp³-hybridized carbons (Fsp3) is 0.0556. The molecule has 2 aromatic carbocycles. The molecule has 126 valence electrons. The number of para-hydroxylation sites is 2. The molecule has 0 atom stereocenters. The van der Waals surface area contributed by atoms with E-state index < -0.39 is 5.91 Å². The van der Waals surface area contributed by atoms with Crippen LogP contribution in [-0.2, 0) is 0 Å². The third kappa shape index (κ3) is 4.08. The summed E-state index contributed by atoms with van der Waals surface area (Å²) in [6.07, 6.45) is 1.28. The van der Waals surface area contributed by atoms with Crippen LogP contribution < -0.4 is 15.4 Å². The summed E-state index contributed by atoms with van der Waals surface area (Å²) in [7, 11) is 1.53. The minimum absolute atomic E-state index is 0.186. The molecule has 3 aromatic rings. The van der Waals surface area contributed by atoms with E-state index in [1.54, 1.807) is 30.3 Å². The van der Waals surface area contributed by atoms with Crippen LogP contribution in [0.3, 0.4) is 0 Å². The number of rotatable bonds is 5. The van der Waals surface area contributed by atoms with Crippen LogP contribution in [0.15, 0.2) is 60.9 Å². The molecule has 0 aliphatic rings. The standard InChI is InChI=1S/C18H15FN4O2/c1-25-16-5-3-2-4-14(16)23-18(24)15-10-17(21-11-20-15)22-13-8-6-12(19)7-9-13/h2-11H,1H3,(H,23,24)(H,20,21,22). The summed E-state index contributed by atoms with van der Waals surface area (Å²) in [5.41, 5.74) is 1.38. The Morgan fingerprint density at radius 1 is 1.08 bits per heavy atom. The third-order valence-corrected chi connectivity index (χ3v) is 3.37. The Kier molecular flexibility index (Phi) is 4.84. The monoisotopic (exact) mass is 338 g/mol. The molecule has 0 fully saturated rings. The first-order valence-electron chi connectivity index (χ1n) is 7.45. The Hall–Kier alpha value is -3.48. The SMILES string of the molecule is COc1ccccc1NC(=O)c1cc(Nc2ccc(F)cc2)ncn1. The second kappa shape index (κ2) is 7.39. The number of nitrogens with one attached hydrogen (secondary N) is 2. The highest BCUT2D eigenvalue weighted by Crippen LogP contribution is 2.23. The number of ether oxygens (including phenoxy) is 1.